The Kier molecular flexibility index (Phi) is 3.65. The minimum atomic E-state index is -0.453. The summed E-state index contributed by atoms with van der Waals surface area (Å²) < 4.78 is 12.9. The third-order valence-electron chi connectivity index (χ3n) is 2.97. The van der Waals surface area contributed by atoms with Crippen molar-refractivity contribution in [2.75, 3.05) is 0 Å². The molecule has 0 aliphatic carbocycles. The highest BCUT2D eigenvalue weighted by Crippen LogP contribution is 2.28. The van der Waals surface area contributed by atoms with Crippen LogP contribution in [0.2, 0.25) is 0 Å². The number of phenols is 1. The van der Waals surface area contributed by atoms with E-state index in [4.69, 9.17) is 0 Å². The van der Waals surface area contributed by atoms with Crippen molar-refractivity contribution < 1.29 is 9.50 Å². The molecule has 1 aromatic carbocycles. The number of aromatic hydroxyl groups is 1. The van der Waals surface area contributed by atoms with Crippen LogP contribution in [-0.4, -0.2) is 15.1 Å². The number of benzene rings is 1. The normalized spacial score (nSPS) is 10.8. The third kappa shape index (κ3) is 2.53. The lowest BCUT2D eigenvalue weighted by molar-refractivity contribution is 0.471. The Hall–Kier alpha value is -1.84. The van der Waals surface area contributed by atoms with Gasteiger partial charge in [0, 0.05) is 11.8 Å². The van der Waals surface area contributed by atoms with E-state index in [1.807, 2.05) is 6.92 Å². The van der Waals surface area contributed by atoms with Gasteiger partial charge in [-0.15, -0.1) is 0 Å². The van der Waals surface area contributed by atoms with Gasteiger partial charge in [-0.2, -0.15) is 0 Å². The van der Waals surface area contributed by atoms with Gasteiger partial charge in [0.25, 0.3) is 0 Å². The first kappa shape index (κ1) is 12.6. The van der Waals surface area contributed by atoms with E-state index in [9.17, 15) is 9.50 Å². The molecular formula is C14H17FN2O. The van der Waals surface area contributed by atoms with Crippen molar-refractivity contribution in [3.05, 3.63) is 35.4 Å². The molecule has 96 valence electrons. The molecule has 0 amide bonds. The van der Waals surface area contributed by atoms with E-state index in [1.54, 1.807) is 0 Å². The van der Waals surface area contributed by atoms with E-state index in [0.29, 0.717) is 11.4 Å². The minimum Gasteiger partial charge on any atom is -0.507 e. The monoisotopic (exact) mass is 248 g/mol. The van der Waals surface area contributed by atoms with Crippen LogP contribution in [0.25, 0.3) is 11.4 Å². The highest BCUT2D eigenvalue weighted by atomic mass is 19.1. The van der Waals surface area contributed by atoms with Crippen LogP contribution in [0.15, 0.2) is 18.2 Å². The summed E-state index contributed by atoms with van der Waals surface area (Å²) in [7, 11) is 0. The number of halogens is 1. The van der Waals surface area contributed by atoms with Crippen LogP contribution < -0.4 is 0 Å². The number of nitrogens with one attached hydrogen (secondary N) is 1. The molecule has 18 heavy (non-hydrogen) atoms. The summed E-state index contributed by atoms with van der Waals surface area (Å²) in [4.78, 5) is 7.61. The van der Waals surface area contributed by atoms with Crippen molar-refractivity contribution in [3.63, 3.8) is 0 Å². The van der Waals surface area contributed by atoms with E-state index in [2.05, 4.69) is 16.9 Å². The highest BCUT2D eigenvalue weighted by Gasteiger charge is 2.12. The molecule has 0 spiro atoms. The number of unbranched alkanes of at least 4 members (excludes halogenated alkanes) is 1. The van der Waals surface area contributed by atoms with Crippen LogP contribution in [0.3, 0.4) is 0 Å². The quantitative estimate of drug-likeness (QED) is 0.869. The van der Waals surface area contributed by atoms with Gasteiger partial charge in [0.05, 0.1) is 11.3 Å². The van der Waals surface area contributed by atoms with E-state index in [-0.39, 0.29) is 5.75 Å². The molecule has 4 heteroatoms. The lowest BCUT2D eigenvalue weighted by Gasteiger charge is -2.00. The van der Waals surface area contributed by atoms with Crippen LogP contribution in [0, 0.1) is 12.7 Å². The number of aryl methyl sites for hydroxylation is 2. The zero-order valence-electron chi connectivity index (χ0n) is 10.6. The fraction of sp³-hybridized carbons (Fsp3) is 0.357. The third-order valence-corrected chi connectivity index (χ3v) is 2.97. The summed E-state index contributed by atoms with van der Waals surface area (Å²) in [5.74, 6) is 0.0487. The molecule has 0 aliphatic rings. The molecular weight excluding hydrogens is 231 g/mol. The van der Waals surface area contributed by atoms with E-state index in [1.165, 1.54) is 12.1 Å². The number of H-pyrrole nitrogens is 1. The van der Waals surface area contributed by atoms with Gasteiger partial charge in [0.1, 0.15) is 17.4 Å². The Balaban J connectivity index is 2.33. The van der Waals surface area contributed by atoms with Gasteiger partial charge in [-0.05, 0) is 31.9 Å². The number of rotatable bonds is 4. The largest absolute Gasteiger partial charge is 0.507 e. The summed E-state index contributed by atoms with van der Waals surface area (Å²) in [5, 5.41) is 9.72. The van der Waals surface area contributed by atoms with Gasteiger partial charge in [-0.3, -0.25) is 0 Å². The van der Waals surface area contributed by atoms with Crippen molar-refractivity contribution >= 4 is 0 Å². The average Bonchev–Trinajstić information content (AvgIpc) is 2.68. The molecule has 2 aromatic rings. The fourth-order valence-corrected chi connectivity index (χ4v) is 1.92. The van der Waals surface area contributed by atoms with Crippen LogP contribution in [0.4, 0.5) is 4.39 Å². The fourth-order valence-electron chi connectivity index (χ4n) is 1.92. The Morgan fingerprint density at radius 2 is 2.17 bits per heavy atom. The SMILES string of the molecule is CCCCc1nc(-c2ccc(F)cc2O)[nH]c1C. The second kappa shape index (κ2) is 5.21. The zero-order chi connectivity index (χ0) is 13.1. The second-order valence-corrected chi connectivity index (χ2v) is 4.42. The van der Waals surface area contributed by atoms with Crippen molar-refractivity contribution in [3.8, 4) is 17.1 Å². The standard InChI is InChI=1S/C14H17FN2O/c1-3-4-5-12-9(2)16-14(17-12)11-7-6-10(15)8-13(11)18/h6-8,18H,3-5H2,1-2H3,(H,16,17). The predicted molar refractivity (Wildman–Crippen MR) is 69.0 cm³/mol. The summed E-state index contributed by atoms with van der Waals surface area (Å²) in [6, 6.07) is 3.95. The summed E-state index contributed by atoms with van der Waals surface area (Å²) in [6.07, 6.45) is 3.12. The predicted octanol–water partition coefficient (Wildman–Crippen LogP) is 3.57. The molecule has 2 N–H and O–H groups in total. The number of imidazole rings is 1. The summed E-state index contributed by atoms with van der Waals surface area (Å²) >= 11 is 0. The van der Waals surface area contributed by atoms with E-state index in [0.717, 1.165) is 36.7 Å². The first-order valence-electron chi connectivity index (χ1n) is 6.16. The molecule has 1 heterocycles. The van der Waals surface area contributed by atoms with E-state index < -0.39 is 5.82 Å². The first-order chi connectivity index (χ1) is 8.61. The van der Waals surface area contributed by atoms with Gasteiger partial charge < -0.3 is 10.1 Å². The van der Waals surface area contributed by atoms with E-state index >= 15 is 0 Å². The maximum Gasteiger partial charge on any atom is 0.141 e. The molecule has 0 radical (unpaired) electrons. The minimum absolute atomic E-state index is 0.0919. The average molecular weight is 248 g/mol. The molecule has 0 fully saturated rings. The second-order valence-electron chi connectivity index (χ2n) is 4.42. The van der Waals surface area contributed by atoms with Crippen LogP contribution in [-0.2, 0) is 6.42 Å². The Labute approximate surface area is 106 Å². The molecule has 0 saturated heterocycles. The Morgan fingerprint density at radius 3 is 2.83 bits per heavy atom. The molecule has 0 saturated carbocycles. The number of hydrogen-bond donors (Lipinski definition) is 2. The Morgan fingerprint density at radius 1 is 1.39 bits per heavy atom. The van der Waals surface area contributed by atoms with Crippen molar-refractivity contribution in [2.24, 2.45) is 0 Å². The van der Waals surface area contributed by atoms with Gasteiger partial charge in [0.2, 0.25) is 0 Å². The molecule has 2 rings (SSSR count). The maximum atomic E-state index is 12.9. The molecule has 0 bridgehead atoms. The lowest BCUT2D eigenvalue weighted by Crippen LogP contribution is -1.88. The number of aromatic nitrogens is 2. The van der Waals surface area contributed by atoms with Crippen LogP contribution in [0.5, 0.6) is 5.75 Å². The lowest BCUT2D eigenvalue weighted by atomic mass is 10.2. The highest BCUT2D eigenvalue weighted by molar-refractivity contribution is 5.64. The first-order valence-corrected chi connectivity index (χ1v) is 6.16. The van der Waals surface area contributed by atoms with Gasteiger partial charge in [-0.1, -0.05) is 13.3 Å². The molecule has 0 aliphatic heterocycles. The van der Waals surface area contributed by atoms with Crippen LogP contribution >= 0.6 is 0 Å². The molecule has 1 aromatic heterocycles. The van der Waals surface area contributed by atoms with Gasteiger partial charge in [0.15, 0.2) is 0 Å². The number of hydrogen-bond acceptors (Lipinski definition) is 2. The Bertz CT molecular complexity index is 549. The number of nitrogens with zero attached hydrogens (tertiary/aromatic N) is 1. The van der Waals surface area contributed by atoms with Crippen molar-refractivity contribution in [1.82, 2.24) is 9.97 Å². The molecule has 0 unspecified atom stereocenters. The van der Waals surface area contributed by atoms with Gasteiger partial charge in [-0.25, -0.2) is 9.37 Å². The smallest absolute Gasteiger partial charge is 0.141 e. The van der Waals surface area contributed by atoms with Crippen LogP contribution in [0.1, 0.15) is 31.2 Å². The number of phenolic OH excluding ortho intramolecular Hbond substituents is 1. The zero-order valence-corrected chi connectivity index (χ0v) is 10.6. The summed E-state index contributed by atoms with van der Waals surface area (Å²) in [5.41, 5.74) is 2.54. The molecule has 0 atom stereocenters. The number of aromatic amines is 1. The summed E-state index contributed by atoms with van der Waals surface area (Å²) in [6.45, 7) is 4.09. The van der Waals surface area contributed by atoms with Gasteiger partial charge >= 0.3 is 0 Å². The van der Waals surface area contributed by atoms with Crippen molar-refractivity contribution in [1.29, 1.82) is 0 Å². The topological polar surface area (TPSA) is 48.9 Å². The maximum absolute atomic E-state index is 12.9. The van der Waals surface area contributed by atoms with Crippen molar-refractivity contribution in [2.45, 2.75) is 33.1 Å². The molecule has 3 nitrogen and oxygen atoms in total.